The van der Waals surface area contributed by atoms with E-state index in [0.29, 0.717) is 10.9 Å². The third kappa shape index (κ3) is 5.21. The van der Waals surface area contributed by atoms with Gasteiger partial charge in [0.25, 0.3) is 5.91 Å². The number of benzene rings is 1. The molecule has 2 aromatic rings. The van der Waals surface area contributed by atoms with E-state index in [-0.39, 0.29) is 5.91 Å². The van der Waals surface area contributed by atoms with Crippen molar-refractivity contribution in [3.63, 3.8) is 0 Å². The van der Waals surface area contributed by atoms with Crippen molar-refractivity contribution in [3.05, 3.63) is 29.3 Å². The molecule has 0 spiro atoms. The number of anilines is 1. The molecule has 23 heavy (non-hydrogen) atoms. The largest absolute Gasteiger partial charge is 0.497 e. The van der Waals surface area contributed by atoms with Crippen LogP contribution in [0.5, 0.6) is 11.5 Å². The summed E-state index contributed by atoms with van der Waals surface area (Å²) in [5, 5.41) is 12.2. The van der Waals surface area contributed by atoms with Gasteiger partial charge in [0.2, 0.25) is 5.13 Å². The molecule has 0 radical (unpaired) electrons. The summed E-state index contributed by atoms with van der Waals surface area (Å²) in [4.78, 5) is 12.1. The minimum absolute atomic E-state index is 0.251. The van der Waals surface area contributed by atoms with Crippen LogP contribution in [0.4, 0.5) is 5.13 Å². The van der Waals surface area contributed by atoms with Gasteiger partial charge < -0.3 is 9.47 Å². The smallest absolute Gasteiger partial charge is 0.266 e. The van der Waals surface area contributed by atoms with Crippen LogP contribution >= 0.6 is 11.3 Å². The van der Waals surface area contributed by atoms with Crippen molar-refractivity contribution in [3.8, 4) is 11.5 Å². The topological polar surface area (TPSA) is 73.3 Å². The van der Waals surface area contributed by atoms with Gasteiger partial charge in [-0.3, -0.25) is 10.1 Å². The number of unbranched alkanes of at least 4 members (excludes halogenated alkanes) is 1. The quantitative estimate of drug-likeness (QED) is 0.801. The van der Waals surface area contributed by atoms with Gasteiger partial charge in [0, 0.05) is 6.42 Å². The number of nitrogens with one attached hydrogen (secondary N) is 1. The molecule has 2 rings (SSSR count). The van der Waals surface area contributed by atoms with E-state index in [1.165, 1.54) is 11.3 Å². The molecule has 0 saturated heterocycles. The Balaban J connectivity index is 1.87. The van der Waals surface area contributed by atoms with E-state index in [0.717, 1.165) is 30.0 Å². The molecule has 0 aliphatic carbocycles. The first-order valence-electron chi connectivity index (χ1n) is 7.56. The monoisotopic (exact) mass is 335 g/mol. The number of aromatic nitrogens is 2. The molecule has 0 aliphatic rings. The molecule has 0 aliphatic heterocycles. The number of amides is 1. The van der Waals surface area contributed by atoms with Gasteiger partial charge in [0.05, 0.1) is 7.11 Å². The molecule has 1 heterocycles. The average Bonchev–Trinajstić information content (AvgIpc) is 3.01. The zero-order valence-electron chi connectivity index (χ0n) is 13.5. The zero-order chi connectivity index (χ0) is 16.7. The molecule has 1 amide bonds. The molecule has 1 aromatic heterocycles. The number of rotatable bonds is 8. The maximum atomic E-state index is 12.1. The number of hydrogen-bond donors (Lipinski definition) is 1. The van der Waals surface area contributed by atoms with Crippen LogP contribution in [0, 0.1) is 0 Å². The van der Waals surface area contributed by atoms with Gasteiger partial charge in [-0.1, -0.05) is 24.7 Å². The van der Waals surface area contributed by atoms with Crippen molar-refractivity contribution < 1.29 is 14.3 Å². The molecular weight excluding hydrogens is 314 g/mol. The van der Waals surface area contributed by atoms with Crippen molar-refractivity contribution in [1.82, 2.24) is 10.2 Å². The van der Waals surface area contributed by atoms with Gasteiger partial charge in [-0.05, 0) is 37.6 Å². The first kappa shape index (κ1) is 17.2. The Morgan fingerprint density at radius 2 is 1.96 bits per heavy atom. The first-order valence-corrected chi connectivity index (χ1v) is 8.38. The van der Waals surface area contributed by atoms with Gasteiger partial charge in [0.1, 0.15) is 16.5 Å². The molecular formula is C16H21N3O3S. The van der Waals surface area contributed by atoms with E-state index in [4.69, 9.17) is 9.47 Å². The van der Waals surface area contributed by atoms with Crippen molar-refractivity contribution in [1.29, 1.82) is 0 Å². The third-order valence-electron chi connectivity index (χ3n) is 3.18. The number of carbonyl (C=O) groups excluding carboxylic acids is 1. The van der Waals surface area contributed by atoms with Gasteiger partial charge in [-0.25, -0.2) is 0 Å². The van der Waals surface area contributed by atoms with Crippen molar-refractivity contribution in [2.75, 3.05) is 12.4 Å². The highest BCUT2D eigenvalue weighted by atomic mass is 32.1. The molecule has 0 saturated carbocycles. The van der Waals surface area contributed by atoms with Crippen molar-refractivity contribution in [2.45, 2.75) is 39.2 Å². The number of aryl methyl sites for hydroxylation is 1. The number of hydrogen-bond acceptors (Lipinski definition) is 6. The first-order chi connectivity index (χ1) is 11.1. The van der Waals surface area contributed by atoms with Gasteiger partial charge in [-0.2, -0.15) is 0 Å². The van der Waals surface area contributed by atoms with E-state index in [2.05, 4.69) is 22.4 Å². The summed E-state index contributed by atoms with van der Waals surface area (Å²) in [6.45, 7) is 3.82. The summed E-state index contributed by atoms with van der Waals surface area (Å²) in [6, 6.07) is 7.09. The van der Waals surface area contributed by atoms with E-state index >= 15 is 0 Å². The van der Waals surface area contributed by atoms with Gasteiger partial charge in [-0.15, -0.1) is 10.2 Å². The standard InChI is InChI=1S/C16H21N3O3S/c1-4-5-6-14-18-19-16(23-14)17-15(20)11(2)22-13-9-7-12(21-3)8-10-13/h7-11H,4-6H2,1-3H3,(H,17,19,20). The Bertz CT molecular complexity index is 628. The second kappa shape index (κ2) is 8.47. The lowest BCUT2D eigenvalue weighted by atomic mass is 10.3. The summed E-state index contributed by atoms with van der Waals surface area (Å²) in [5.74, 6) is 1.09. The fraction of sp³-hybridized carbons (Fsp3) is 0.438. The van der Waals surface area contributed by atoms with Crippen LogP contribution in [0.15, 0.2) is 24.3 Å². The normalized spacial score (nSPS) is 11.8. The molecule has 6 nitrogen and oxygen atoms in total. The molecule has 7 heteroatoms. The van der Waals surface area contributed by atoms with Crippen LogP contribution in [0.2, 0.25) is 0 Å². The molecule has 0 fully saturated rings. The van der Waals surface area contributed by atoms with E-state index in [1.807, 2.05) is 0 Å². The number of nitrogens with zero attached hydrogens (tertiary/aromatic N) is 2. The van der Waals surface area contributed by atoms with Crippen LogP contribution in [0.1, 0.15) is 31.7 Å². The zero-order valence-corrected chi connectivity index (χ0v) is 14.4. The molecule has 1 aromatic carbocycles. The van der Waals surface area contributed by atoms with Crippen LogP contribution in [0.3, 0.4) is 0 Å². The molecule has 0 bridgehead atoms. The Labute approximate surface area is 139 Å². The van der Waals surface area contributed by atoms with E-state index in [9.17, 15) is 4.79 Å². The Hall–Kier alpha value is -2.15. The maximum Gasteiger partial charge on any atom is 0.266 e. The summed E-state index contributed by atoms with van der Waals surface area (Å²) in [7, 11) is 1.60. The lowest BCUT2D eigenvalue weighted by Gasteiger charge is -2.13. The predicted molar refractivity (Wildman–Crippen MR) is 90.2 cm³/mol. The highest BCUT2D eigenvalue weighted by molar-refractivity contribution is 7.15. The molecule has 124 valence electrons. The lowest BCUT2D eigenvalue weighted by molar-refractivity contribution is -0.122. The van der Waals surface area contributed by atoms with Gasteiger partial charge >= 0.3 is 0 Å². The van der Waals surface area contributed by atoms with E-state index < -0.39 is 6.10 Å². The lowest BCUT2D eigenvalue weighted by Crippen LogP contribution is -2.30. The van der Waals surface area contributed by atoms with Crippen molar-refractivity contribution in [2.24, 2.45) is 0 Å². The molecule has 1 unspecified atom stereocenters. The minimum atomic E-state index is -0.633. The van der Waals surface area contributed by atoms with Crippen LogP contribution in [-0.4, -0.2) is 29.3 Å². The second-order valence-electron chi connectivity index (χ2n) is 5.03. The molecule has 1 atom stereocenters. The summed E-state index contributed by atoms with van der Waals surface area (Å²) in [5.41, 5.74) is 0. The number of carbonyl (C=O) groups is 1. The summed E-state index contributed by atoms with van der Waals surface area (Å²) in [6.07, 6.45) is 2.43. The molecule has 1 N–H and O–H groups in total. The van der Waals surface area contributed by atoms with Crippen LogP contribution < -0.4 is 14.8 Å². The SMILES string of the molecule is CCCCc1nnc(NC(=O)C(C)Oc2ccc(OC)cc2)s1. The third-order valence-corrected chi connectivity index (χ3v) is 4.08. The van der Waals surface area contributed by atoms with Gasteiger partial charge in [0.15, 0.2) is 6.10 Å². The second-order valence-corrected chi connectivity index (χ2v) is 6.09. The Morgan fingerprint density at radius 3 is 2.61 bits per heavy atom. The fourth-order valence-electron chi connectivity index (χ4n) is 1.85. The minimum Gasteiger partial charge on any atom is -0.497 e. The van der Waals surface area contributed by atoms with Crippen LogP contribution in [-0.2, 0) is 11.2 Å². The van der Waals surface area contributed by atoms with Crippen molar-refractivity contribution >= 4 is 22.4 Å². The Kier molecular flexibility index (Phi) is 6.34. The maximum absolute atomic E-state index is 12.1. The number of ether oxygens (including phenoxy) is 2. The predicted octanol–water partition coefficient (Wildman–Crippen LogP) is 3.30. The fourth-order valence-corrected chi connectivity index (χ4v) is 2.64. The summed E-state index contributed by atoms with van der Waals surface area (Å²) >= 11 is 1.40. The summed E-state index contributed by atoms with van der Waals surface area (Å²) < 4.78 is 10.7. The highest BCUT2D eigenvalue weighted by Crippen LogP contribution is 2.20. The van der Waals surface area contributed by atoms with Crippen LogP contribution in [0.25, 0.3) is 0 Å². The average molecular weight is 335 g/mol. The number of methoxy groups -OCH3 is 1. The highest BCUT2D eigenvalue weighted by Gasteiger charge is 2.17. The van der Waals surface area contributed by atoms with E-state index in [1.54, 1.807) is 38.3 Å². The Morgan fingerprint density at radius 1 is 1.26 bits per heavy atom.